The maximum Gasteiger partial charge on any atom is 0.124 e. The Morgan fingerprint density at radius 3 is 2.40 bits per heavy atom. The Labute approximate surface area is 223 Å². The Hall–Kier alpha value is -2.76. The van der Waals surface area contributed by atoms with E-state index in [1.165, 1.54) is 10.3 Å². The molecule has 1 N–H and O–H groups in total. The number of fused-ring (bicyclic) bond motifs is 1. The summed E-state index contributed by atoms with van der Waals surface area (Å²) in [7, 11) is 0. The lowest BCUT2D eigenvalue weighted by molar-refractivity contribution is 0.303. The molecule has 0 aliphatic carbocycles. The van der Waals surface area contributed by atoms with E-state index in [4.69, 9.17) is 44.5 Å². The zero-order valence-electron chi connectivity index (χ0n) is 18.8. The number of aryl methyl sites for hydroxylation is 1. The van der Waals surface area contributed by atoms with Crippen LogP contribution in [0.3, 0.4) is 0 Å². The molecule has 0 bridgehead atoms. The van der Waals surface area contributed by atoms with E-state index in [1.54, 1.807) is 23.5 Å². The van der Waals surface area contributed by atoms with Gasteiger partial charge in [0.1, 0.15) is 17.4 Å². The van der Waals surface area contributed by atoms with Gasteiger partial charge in [-0.25, -0.2) is 4.98 Å². The van der Waals surface area contributed by atoms with Gasteiger partial charge in [0.05, 0.1) is 10.2 Å². The van der Waals surface area contributed by atoms with Gasteiger partial charge in [-0.15, -0.1) is 11.3 Å². The van der Waals surface area contributed by atoms with E-state index in [9.17, 15) is 0 Å². The first-order valence-electron chi connectivity index (χ1n) is 11.0. The van der Waals surface area contributed by atoms with Crippen LogP contribution >= 0.6 is 46.1 Å². The van der Waals surface area contributed by atoms with Gasteiger partial charge < -0.3 is 10.1 Å². The standard InChI is InChI=1S/C28H21Cl3N2OS/c1-17-2-10-25-27(12-17)35-28(33-25)18-4-8-23(9-5-18)32-15-20-13-21(29)7-11-26(20)34-16-19-3-6-22(30)14-24(19)31/h2-14,32H,15-16H2,1H3. The summed E-state index contributed by atoms with van der Waals surface area (Å²) >= 11 is 20.3. The summed E-state index contributed by atoms with van der Waals surface area (Å²) in [6.07, 6.45) is 0. The van der Waals surface area contributed by atoms with Crippen molar-refractivity contribution in [3.8, 4) is 16.3 Å². The number of aromatic nitrogens is 1. The summed E-state index contributed by atoms with van der Waals surface area (Å²) in [4.78, 5) is 4.78. The van der Waals surface area contributed by atoms with Crippen LogP contribution in [0.15, 0.2) is 78.9 Å². The van der Waals surface area contributed by atoms with Crippen molar-refractivity contribution in [1.29, 1.82) is 0 Å². The SMILES string of the molecule is Cc1ccc2nc(-c3ccc(NCc4cc(Cl)ccc4OCc4ccc(Cl)cc4Cl)cc3)sc2c1. The van der Waals surface area contributed by atoms with Crippen molar-refractivity contribution < 1.29 is 4.74 Å². The van der Waals surface area contributed by atoms with Crippen LogP contribution in [-0.4, -0.2) is 4.98 Å². The lowest BCUT2D eigenvalue weighted by atomic mass is 10.1. The first-order valence-corrected chi connectivity index (χ1v) is 13.0. The first-order chi connectivity index (χ1) is 16.9. The molecule has 4 aromatic carbocycles. The molecule has 0 spiro atoms. The Kier molecular flexibility index (Phi) is 7.17. The summed E-state index contributed by atoms with van der Waals surface area (Å²) in [5.41, 5.74) is 6.19. The number of rotatable bonds is 7. The highest BCUT2D eigenvalue weighted by Crippen LogP contribution is 2.32. The van der Waals surface area contributed by atoms with Gasteiger partial charge in [0.25, 0.3) is 0 Å². The van der Waals surface area contributed by atoms with E-state index in [0.29, 0.717) is 28.2 Å². The van der Waals surface area contributed by atoms with Crippen molar-refractivity contribution in [2.24, 2.45) is 0 Å². The maximum absolute atomic E-state index is 6.29. The van der Waals surface area contributed by atoms with Crippen LogP contribution < -0.4 is 10.1 Å². The number of halogens is 3. The zero-order valence-corrected chi connectivity index (χ0v) is 21.9. The van der Waals surface area contributed by atoms with E-state index in [2.05, 4.69) is 54.7 Å². The topological polar surface area (TPSA) is 34.2 Å². The average molecular weight is 540 g/mol. The van der Waals surface area contributed by atoms with Crippen LogP contribution in [0.5, 0.6) is 5.75 Å². The molecule has 7 heteroatoms. The number of hydrogen-bond donors (Lipinski definition) is 1. The number of thiazole rings is 1. The van der Waals surface area contributed by atoms with Crippen molar-refractivity contribution in [2.45, 2.75) is 20.1 Å². The van der Waals surface area contributed by atoms with Crippen LogP contribution in [0.4, 0.5) is 5.69 Å². The molecule has 0 saturated heterocycles. The number of nitrogens with one attached hydrogen (secondary N) is 1. The van der Waals surface area contributed by atoms with Crippen LogP contribution in [0, 0.1) is 6.92 Å². The minimum absolute atomic E-state index is 0.334. The first kappa shape index (κ1) is 24.0. The summed E-state index contributed by atoms with van der Waals surface area (Å²) in [6.45, 7) is 2.99. The number of nitrogens with zero attached hydrogens (tertiary/aromatic N) is 1. The minimum Gasteiger partial charge on any atom is -0.488 e. The van der Waals surface area contributed by atoms with Crippen molar-refractivity contribution >= 4 is 62.0 Å². The molecule has 0 unspecified atom stereocenters. The quantitative estimate of drug-likeness (QED) is 0.224. The Morgan fingerprint density at radius 2 is 1.60 bits per heavy atom. The van der Waals surface area contributed by atoms with Crippen LogP contribution in [-0.2, 0) is 13.2 Å². The molecule has 1 aromatic heterocycles. The third-order valence-corrected chi connectivity index (χ3v) is 7.47. The van der Waals surface area contributed by atoms with Gasteiger partial charge in [-0.1, -0.05) is 46.9 Å². The van der Waals surface area contributed by atoms with Gasteiger partial charge in [-0.3, -0.25) is 0 Å². The van der Waals surface area contributed by atoms with Gasteiger partial charge in [0, 0.05) is 44.0 Å². The van der Waals surface area contributed by atoms with Crippen molar-refractivity contribution in [3.63, 3.8) is 0 Å². The fourth-order valence-corrected chi connectivity index (χ4v) is 5.43. The van der Waals surface area contributed by atoms with E-state index >= 15 is 0 Å². The molecule has 35 heavy (non-hydrogen) atoms. The summed E-state index contributed by atoms with van der Waals surface area (Å²) in [6, 6.07) is 25.6. The van der Waals surface area contributed by atoms with E-state index in [1.807, 2.05) is 24.3 Å². The van der Waals surface area contributed by atoms with E-state index in [-0.39, 0.29) is 0 Å². The van der Waals surface area contributed by atoms with Gasteiger partial charge >= 0.3 is 0 Å². The highest BCUT2D eigenvalue weighted by Gasteiger charge is 2.09. The smallest absolute Gasteiger partial charge is 0.124 e. The molecule has 0 amide bonds. The summed E-state index contributed by atoms with van der Waals surface area (Å²) < 4.78 is 7.27. The Morgan fingerprint density at radius 1 is 0.829 bits per heavy atom. The third-order valence-electron chi connectivity index (χ3n) is 5.58. The predicted octanol–water partition coefficient (Wildman–Crippen LogP) is 9.42. The van der Waals surface area contributed by atoms with Gasteiger partial charge in [-0.2, -0.15) is 0 Å². The second-order valence-electron chi connectivity index (χ2n) is 8.20. The van der Waals surface area contributed by atoms with Crippen molar-refractivity contribution in [1.82, 2.24) is 4.98 Å². The molecular weight excluding hydrogens is 519 g/mol. The molecular formula is C28H21Cl3N2OS. The molecule has 0 saturated carbocycles. The number of ether oxygens (including phenoxy) is 1. The van der Waals surface area contributed by atoms with Crippen LogP contribution in [0.1, 0.15) is 16.7 Å². The number of anilines is 1. The largest absolute Gasteiger partial charge is 0.488 e. The second-order valence-corrected chi connectivity index (χ2v) is 10.5. The highest BCUT2D eigenvalue weighted by atomic mass is 35.5. The fourth-order valence-electron chi connectivity index (χ4n) is 3.70. The molecule has 0 fully saturated rings. The number of benzene rings is 4. The lowest BCUT2D eigenvalue weighted by Crippen LogP contribution is -2.04. The number of hydrogen-bond acceptors (Lipinski definition) is 4. The Balaban J connectivity index is 1.27. The molecule has 0 atom stereocenters. The molecule has 0 radical (unpaired) electrons. The fraction of sp³-hybridized carbons (Fsp3) is 0.107. The molecule has 5 aromatic rings. The predicted molar refractivity (Wildman–Crippen MR) is 149 cm³/mol. The molecule has 1 heterocycles. The van der Waals surface area contributed by atoms with Crippen molar-refractivity contribution in [2.75, 3.05) is 5.32 Å². The van der Waals surface area contributed by atoms with Crippen LogP contribution in [0.2, 0.25) is 15.1 Å². The van der Waals surface area contributed by atoms with Gasteiger partial charge in [-0.05, 0) is 79.2 Å². The van der Waals surface area contributed by atoms with E-state index in [0.717, 1.165) is 38.7 Å². The molecule has 0 aliphatic rings. The summed E-state index contributed by atoms with van der Waals surface area (Å²) in [5, 5.41) is 6.30. The Bertz CT molecular complexity index is 1500. The molecule has 0 aliphatic heterocycles. The second kappa shape index (κ2) is 10.5. The van der Waals surface area contributed by atoms with Crippen molar-refractivity contribution in [3.05, 3.63) is 111 Å². The molecule has 5 rings (SSSR count). The summed E-state index contributed by atoms with van der Waals surface area (Å²) in [5.74, 6) is 0.745. The normalized spacial score (nSPS) is 11.1. The van der Waals surface area contributed by atoms with Crippen LogP contribution in [0.25, 0.3) is 20.8 Å². The monoisotopic (exact) mass is 538 g/mol. The highest BCUT2D eigenvalue weighted by molar-refractivity contribution is 7.21. The zero-order chi connectivity index (χ0) is 24.4. The third kappa shape index (κ3) is 5.74. The average Bonchev–Trinajstić information content (AvgIpc) is 3.26. The molecule has 3 nitrogen and oxygen atoms in total. The van der Waals surface area contributed by atoms with Gasteiger partial charge in [0.15, 0.2) is 0 Å². The minimum atomic E-state index is 0.334. The van der Waals surface area contributed by atoms with Gasteiger partial charge in [0.2, 0.25) is 0 Å². The molecule has 176 valence electrons. The lowest BCUT2D eigenvalue weighted by Gasteiger charge is -2.14. The van der Waals surface area contributed by atoms with E-state index < -0.39 is 0 Å². The maximum atomic E-state index is 6.29.